The van der Waals surface area contributed by atoms with Crippen LogP contribution < -0.4 is 10.6 Å². The molecule has 3 amide bonds. The van der Waals surface area contributed by atoms with Crippen molar-refractivity contribution in [2.24, 2.45) is 10.8 Å². The Morgan fingerprint density at radius 1 is 1.19 bits per heavy atom. The van der Waals surface area contributed by atoms with E-state index in [-0.39, 0.29) is 23.0 Å². The van der Waals surface area contributed by atoms with E-state index in [1.165, 1.54) is 0 Å². The van der Waals surface area contributed by atoms with E-state index in [0.29, 0.717) is 12.5 Å². The van der Waals surface area contributed by atoms with Crippen LogP contribution in [0.25, 0.3) is 0 Å². The first-order valence-electron chi connectivity index (χ1n) is 9.98. The van der Waals surface area contributed by atoms with Crippen molar-refractivity contribution in [1.29, 1.82) is 0 Å². The van der Waals surface area contributed by atoms with E-state index in [2.05, 4.69) is 34.6 Å². The van der Waals surface area contributed by atoms with Gasteiger partial charge >= 0.3 is 6.03 Å². The maximum Gasteiger partial charge on any atom is 0.314 e. The molecule has 26 heavy (non-hydrogen) atoms. The lowest BCUT2D eigenvalue weighted by Crippen LogP contribution is -2.52. The molecule has 0 bridgehead atoms. The fraction of sp³-hybridized carbons (Fsp3) is 0.800. The molecule has 0 aromatic rings. The normalized spacial score (nSPS) is 30.8. The van der Waals surface area contributed by atoms with Gasteiger partial charge in [-0.25, -0.2) is 4.79 Å². The number of urea groups is 1. The van der Waals surface area contributed by atoms with Crippen LogP contribution in [-0.4, -0.2) is 56.2 Å². The molecule has 3 aliphatic rings. The van der Waals surface area contributed by atoms with E-state index in [9.17, 15) is 9.59 Å². The Morgan fingerprint density at radius 2 is 1.96 bits per heavy atom. The Balaban J connectivity index is 1.46. The summed E-state index contributed by atoms with van der Waals surface area (Å²) in [5.41, 5.74) is 0.00655. The number of ether oxygens (including phenoxy) is 1. The van der Waals surface area contributed by atoms with Crippen molar-refractivity contribution in [3.05, 3.63) is 12.2 Å². The van der Waals surface area contributed by atoms with Crippen LogP contribution in [0.1, 0.15) is 51.9 Å². The van der Waals surface area contributed by atoms with Crippen LogP contribution in [0.2, 0.25) is 0 Å². The summed E-state index contributed by atoms with van der Waals surface area (Å²) in [6.45, 7) is 5.13. The maximum atomic E-state index is 13.0. The largest absolute Gasteiger partial charge is 0.376 e. The van der Waals surface area contributed by atoms with Crippen molar-refractivity contribution in [1.82, 2.24) is 15.5 Å². The van der Waals surface area contributed by atoms with Gasteiger partial charge in [0.25, 0.3) is 0 Å². The first-order chi connectivity index (χ1) is 12.5. The van der Waals surface area contributed by atoms with Gasteiger partial charge in [-0.05, 0) is 50.4 Å². The molecule has 2 N–H and O–H groups in total. The number of rotatable bonds is 3. The molecule has 146 valence electrons. The van der Waals surface area contributed by atoms with Gasteiger partial charge in [-0.1, -0.05) is 19.1 Å². The summed E-state index contributed by atoms with van der Waals surface area (Å²) in [7, 11) is 1.62. The molecule has 6 heteroatoms. The Hall–Kier alpha value is -1.56. The van der Waals surface area contributed by atoms with Gasteiger partial charge in [0, 0.05) is 26.7 Å². The second-order valence-corrected chi connectivity index (χ2v) is 8.50. The molecular weight excluding hydrogens is 330 g/mol. The van der Waals surface area contributed by atoms with E-state index >= 15 is 0 Å². The zero-order valence-corrected chi connectivity index (χ0v) is 16.2. The highest BCUT2D eigenvalue weighted by atomic mass is 16.5. The zero-order valence-electron chi connectivity index (χ0n) is 16.2. The fourth-order valence-electron chi connectivity index (χ4n) is 4.49. The minimum atomic E-state index is -0.209. The molecule has 1 spiro atoms. The van der Waals surface area contributed by atoms with Gasteiger partial charge in [0.2, 0.25) is 5.91 Å². The van der Waals surface area contributed by atoms with Crippen molar-refractivity contribution in [3.8, 4) is 0 Å². The summed E-state index contributed by atoms with van der Waals surface area (Å²) in [5.74, 6) is 0.334. The topological polar surface area (TPSA) is 70.7 Å². The fourth-order valence-corrected chi connectivity index (χ4v) is 4.49. The van der Waals surface area contributed by atoms with E-state index in [1.807, 2.05) is 0 Å². The molecule has 0 radical (unpaired) electrons. The lowest BCUT2D eigenvalue weighted by Gasteiger charge is -2.47. The van der Waals surface area contributed by atoms with Crippen LogP contribution >= 0.6 is 0 Å². The summed E-state index contributed by atoms with van der Waals surface area (Å²) in [4.78, 5) is 26.4. The third kappa shape index (κ3) is 4.22. The lowest BCUT2D eigenvalue weighted by molar-refractivity contribution is -0.147. The first kappa shape index (κ1) is 19.2. The Bertz CT molecular complexity index is 545. The summed E-state index contributed by atoms with van der Waals surface area (Å²) in [5, 5.41) is 5.38. The van der Waals surface area contributed by atoms with Crippen molar-refractivity contribution in [2.75, 3.05) is 33.3 Å². The number of allylic oxidation sites excluding steroid dienone is 2. The molecule has 2 fully saturated rings. The Morgan fingerprint density at radius 3 is 2.54 bits per heavy atom. The number of carbonyl (C=O) groups is 2. The monoisotopic (exact) mass is 363 g/mol. The third-order valence-electron chi connectivity index (χ3n) is 6.56. The smallest absolute Gasteiger partial charge is 0.314 e. The summed E-state index contributed by atoms with van der Waals surface area (Å²) >= 11 is 0. The van der Waals surface area contributed by atoms with Crippen LogP contribution in [0.3, 0.4) is 0 Å². The van der Waals surface area contributed by atoms with Crippen LogP contribution in [0, 0.1) is 10.8 Å². The molecule has 2 aliphatic heterocycles. The minimum absolute atomic E-state index is 0.102. The summed E-state index contributed by atoms with van der Waals surface area (Å²) in [6, 6.07) is -0.160. The number of likely N-dealkylation sites (tertiary alicyclic amines) is 1. The maximum absolute atomic E-state index is 13.0. The Labute approximate surface area is 156 Å². The highest BCUT2D eigenvalue weighted by molar-refractivity contribution is 5.82. The third-order valence-corrected chi connectivity index (χ3v) is 6.56. The SMILES string of the molecule is CNC(=O)NCC1CCC2(CCN(C(=O)C3(C)CC=CCC3)CC2)CO1. The second-order valence-electron chi connectivity index (χ2n) is 8.50. The van der Waals surface area contributed by atoms with Crippen LogP contribution in [0.15, 0.2) is 12.2 Å². The molecule has 1 aliphatic carbocycles. The first-order valence-corrected chi connectivity index (χ1v) is 9.98. The van der Waals surface area contributed by atoms with E-state index in [4.69, 9.17) is 4.74 Å². The summed E-state index contributed by atoms with van der Waals surface area (Å²) in [6.07, 6.45) is 11.5. The molecule has 2 unspecified atom stereocenters. The standard InChI is InChI=1S/C20H33N3O3/c1-19(7-4-3-5-8-19)17(24)23-12-10-20(11-13-23)9-6-16(26-15-20)14-22-18(25)21-2/h3-4,16H,5-15H2,1-2H3,(H2,21,22,25). The Kier molecular flexibility index (Phi) is 5.90. The van der Waals surface area contributed by atoms with Crippen molar-refractivity contribution in [2.45, 2.75) is 58.0 Å². The lowest BCUT2D eigenvalue weighted by atomic mass is 9.72. The summed E-state index contributed by atoms with van der Waals surface area (Å²) < 4.78 is 6.04. The molecule has 2 saturated heterocycles. The molecule has 3 rings (SSSR count). The zero-order chi connectivity index (χ0) is 18.6. The number of hydrogen-bond donors (Lipinski definition) is 2. The van der Waals surface area contributed by atoms with Gasteiger partial charge < -0.3 is 20.3 Å². The molecule has 2 heterocycles. The van der Waals surface area contributed by atoms with Crippen LogP contribution in [0.5, 0.6) is 0 Å². The van der Waals surface area contributed by atoms with Crippen molar-refractivity contribution in [3.63, 3.8) is 0 Å². The molecular formula is C20H33N3O3. The van der Waals surface area contributed by atoms with Gasteiger partial charge in [-0.2, -0.15) is 0 Å². The van der Waals surface area contributed by atoms with Gasteiger partial charge in [-0.15, -0.1) is 0 Å². The molecule has 0 aromatic heterocycles. The quantitative estimate of drug-likeness (QED) is 0.757. The molecule has 2 atom stereocenters. The predicted molar refractivity (Wildman–Crippen MR) is 101 cm³/mol. The van der Waals surface area contributed by atoms with Crippen molar-refractivity contribution >= 4 is 11.9 Å². The average Bonchev–Trinajstić information content (AvgIpc) is 2.68. The highest BCUT2D eigenvalue weighted by Crippen LogP contribution is 2.42. The number of nitrogens with zero attached hydrogens (tertiary/aromatic N) is 1. The number of hydrogen-bond acceptors (Lipinski definition) is 3. The molecule has 0 saturated carbocycles. The number of piperidine rings is 1. The molecule has 0 aromatic carbocycles. The van der Waals surface area contributed by atoms with Gasteiger partial charge in [0.1, 0.15) is 0 Å². The van der Waals surface area contributed by atoms with Gasteiger partial charge in [0.15, 0.2) is 0 Å². The van der Waals surface area contributed by atoms with Crippen LogP contribution in [0.4, 0.5) is 4.79 Å². The number of amides is 3. The predicted octanol–water partition coefficient (Wildman–Crippen LogP) is 2.45. The van der Waals surface area contributed by atoms with Gasteiger partial charge in [-0.3, -0.25) is 4.79 Å². The van der Waals surface area contributed by atoms with Gasteiger partial charge in [0.05, 0.1) is 18.1 Å². The van der Waals surface area contributed by atoms with Crippen molar-refractivity contribution < 1.29 is 14.3 Å². The van der Waals surface area contributed by atoms with Crippen LogP contribution in [-0.2, 0) is 9.53 Å². The van der Waals surface area contributed by atoms with E-state index in [0.717, 1.165) is 64.6 Å². The number of nitrogens with one attached hydrogen (secondary N) is 2. The number of carbonyl (C=O) groups excluding carboxylic acids is 2. The van der Waals surface area contributed by atoms with E-state index in [1.54, 1.807) is 7.05 Å². The highest BCUT2D eigenvalue weighted by Gasteiger charge is 2.43. The molecule has 6 nitrogen and oxygen atoms in total. The average molecular weight is 364 g/mol. The minimum Gasteiger partial charge on any atom is -0.376 e. The van der Waals surface area contributed by atoms with E-state index < -0.39 is 0 Å². The second kappa shape index (κ2) is 7.99.